The zero-order valence-corrected chi connectivity index (χ0v) is 14.5. The number of rotatable bonds is 5. The minimum absolute atomic E-state index is 0.00238. The van der Waals surface area contributed by atoms with Crippen molar-refractivity contribution >= 4 is 11.9 Å². The summed E-state index contributed by atoms with van der Waals surface area (Å²) >= 11 is 0. The fraction of sp³-hybridized carbons (Fsp3) is 0.100. The summed E-state index contributed by atoms with van der Waals surface area (Å²) in [7, 11) is 1.28. The fourth-order valence-electron chi connectivity index (χ4n) is 2.36. The molecule has 1 heterocycles. The van der Waals surface area contributed by atoms with Crippen LogP contribution in [0.3, 0.4) is 0 Å². The van der Waals surface area contributed by atoms with Crippen molar-refractivity contribution in [3.05, 3.63) is 93.9 Å². The molecular weight excluding hydrogens is 348 g/mol. The molecule has 1 aromatic heterocycles. The Balaban J connectivity index is 1.76. The highest BCUT2D eigenvalue weighted by atomic mass is 16.5. The molecule has 0 aliphatic carbocycles. The summed E-state index contributed by atoms with van der Waals surface area (Å²) in [5, 5.41) is 4.08. The smallest absolute Gasteiger partial charge is 0.364 e. The summed E-state index contributed by atoms with van der Waals surface area (Å²) in [4.78, 5) is 35.7. The van der Waals surface area contributed by atoms with Gasteiger partial charge in [-0.1, -0.05) is 30.3 Å². The Kier molecular flexibility index (Phi) is 5.41. The standard InChI is InChI=1S/C20H16N2O5/c1-26-19(24)15-7-9-16(10-8-15)27-20(25)17-11-12-18(23)22(21-17)13-14-5-3-2-4-6-14/h2-12H,13H2,1H3. The Hall–Kier alpha value is -3.74. The zero-order valence-electron chi connectivity index (χ0n) is 14.5. The number of esters is 2. The molecule has 0 amide bonds. The molecule has 0 saturated carbocycles. The van der Waals surface area contributed by atoms with E-state index in [1.54, 1.807) is 0 Å². The Morgan fingerprint density at radius 1 is 0.926 bits per heavy atom. The first-order valence-electron chi connectivity index (χ1n) is 8.09. The van der Waals surface area contributed by atoms with Crippen molar-refractivity contribution in [1.82, 2.24) is 9.78 Å². The lowest BCUT2D eigenvalue weighted by molar-refractivity contribution is 0.0600. The van der Waals surface area contributed by atoms with Crippen molar-refractivity contribution < 1.29 is 19.1 Å². The molecular formula is C20H16N2O5. The third kappa shape index (κ3) is 4.46. The molecule has 7 heteroatoms. The van der Waals surface area contributed by atoms with Crippen molar-refractivity contribution in [2.75, 3.05) is 7.11 Å². The molecule has 0 aliphatic heterocycles. The number of nitrogens with zero attached hydrogens (tertiary/aromatic N) is 2. The maximum atomic E-state index is 12.3. The van der Waals surface area contributed by atoms with Crippen molar-refractivity contribution in [2.24, 2.45) is 0 Å². The summed E-state index contributed by atoms with van der Waals surface area (Å²) in [6, 6.07) is 17.8. The second kappa shape index (κ2) is 8.09. The molecule has 136 valence electrons. The second-order valence-electron chi connectivity index (χ2n) is 5.61. The average Bonchev–Trinajstić information content (AvgIpc) is 2.70. The van der Waals surface area contributed by atoms with E-state index < -0.39 is 11.9 Å². The molecule has 0 unspecified atom stereocenters. The highest BCUT2D eigenvalue weighted by Crippen LogP contribution is 2.14. The molecule has 3 aromatic rings. The lowest BCUT2D eigenvalue weighted by atomic mass is 10.2. The van der Waals surface area contributed by atoms with Crippen LogP contribution in [-0.4, -0.2) is 28.8 Å². The summed E-state index contributed by atoms with van der Waals surface area (Å²) in [6.45, 7) is 0.245. The maximum absolute atomic E-state index is 12.3. The molecule has 0 atom stereocenters. The van der Waals surface area contributed by atoms with Gasteiger partial charge in [-0.3, -0.25) is 4.79 Å². The molecule has 3 rings (SSSR count). The number of hydrogen-bond donors (Lipinski definition) is 0. The van der Waals surface area contributed by atoms with E-state index in [4.69, 9.17) is 4.74 Å². The molecule has 27 heavy (non-hydrogen) atoms. The molecule has 0 N–H and O–H groups in total. The molecule has 7 nitrogen and oxygen atoms in total. The van der Waals surface area contributed by atoms with E-state index in [0.717, 1.165) is 5.56 Å². The van der Waals surface area contributed by atoms with Crippen molar-refractivity contribution in [1.29, 1.82) is 0 Å². The van der Waals surface area contributed by atoms with Crippen LogP contribution in [0, 0.1) is 0 Å². The van der Waals surface area contributed by atoms with Crippen LogP contribution >= 0.6 is 0 Å². The monoisotopic (exact) mass is 364 g/mol. The molecule has 0 fully saturated rings. The van der Waals surface area contributed by atoms with E-state index in [1.807, 2.05) is 30.3 Å². The molecule has 0 aliphatic rings. The molecule has 0 bridgehead atoms. The molecule has 0 spiro atoms. The average molecular weight is 364 g/mol. The van der Waals surface area contributed by atoms with Gasteiger partial charge in [0, 0.05) is 6.07 Å². The van der Waals surface area contributed by atoms with Crippen LogP contribution < -0.4 is 10.3 Å². The van der Waals surface area contributed by atoms with Crippen LogP contribution in [0.25, 0.3) is 0 Å². The maximum Gasteiger partial charge on any atom is 0.364 e. The summed E-state index contributed by atoms with van der Waals surface area (Å²) in [5.41, 5.74) is 0.906. The Morgan fingerprint density at radius 2 is 1.63 bits per heavy atom. The van der Waals surface area contributed by atoms with Crippen LogP contribution in [0.15, 0.2) is 71.5 Å². The van der Waals surface area contributed by atoms with Crippen molar-refractivity contribution in [3.63, 3.8) is 0 Å². The molecule has 0 radical (unpaired) electrons. The van der Waals surface area contributed by atoms with Gasteiger partial charge in [0.2, 0.25) is 0 Å². The fourth-order valence-corrected chi connectivity index (χ4v) is 2.36. The van der Waals surface area contributed by atoms with E-state index >= 15 is 0 Å². The Morgan fingerprint density at radius 3 is 2.30 bits per heavy atom. The zero-order chi connectivity index (χ0) is 19.2. The van der Waals surface area contributed by atoms with Gasteiger partial charge in [-0.2, -0.15) is 5.10 Å². The van der Waals surface area contributed by atoms with Crippen LogP contribution in [0.1, 0.15) is 26.4 Å². The predicted molar refractivity (Wildman–Crippen MR) is 96.8 cm³/mol. The first-order valence-corrected chi connectivity index (χ1v) is 8.09. The minimum atomic E-state index is -0.706. The van der Waals surface area contributed by atoms with Crippen molar-refractivity contribution in [3.8, 4) is 5.75 Å². The van der Waals surface area contributed by atoms with Gasteiger partial charge in [-0.05, 0) is 35.9 Å². The third-order valence-electron chi connectivity index (χ3n) is 3.74. The lowest BCUT2D eigenvalue weighted by Gasteiger charge is -2.08. The topological polar surface area (TPSA) is 87.5 Å². The normalized spacial score (nSPS) is 10.3. The van der Waals surface area contributed by atoms with Gasteiger partial charge in [0.15, 0.2) is 5.69 Å². The van der Waals surface area contributed by atoms with E-state index in [1.165, 1.54) is 48.2 Å². The number of aromatic nitrogens is 2. The number of carbonyl (C=O) groups is 2. The number of hydrogen-bond acceptors (Lipinski definition) is 6. The van der Waals surface area contributed by atoms with E-state index in [-0.39, 0.29) is 23.5 Å². The largest absolute Gasteiger partial charge is 0.465 e. The van der Waals surface area contributed by atoms with Crippen LogP contribution in [0.2, 0.25) is 0 Å². The van der Waals surface area contributed by atoms with Crippen LogP contribution in [0.5, 0.6) is 5.75 Å². The van der Waals surface area contributed by atoms with Gasteiger partial charge in [0.1, 0.15) is 5.75 Å². The van der Waals surface area contributed by atoms with E-state index in [0.29, 0.717) is 5.56 Å². The Labute approximate surface area is 154 Å². The van der Waals surface area contributed by atoms with Crippen LogP contribution in [-0.2, 0) is 11.3 Å². The second-order valence-corrected chi connectivity index (χ2v) is 5.61. The Bertz CT molecular complexity index is 1010. The SMILES string of the molecule is COC(=O)c1ccc(OC(=O)c2ccc(=O)n(Cc3ccccc3)n2)cc1. The first kappa shape index (κ1) is 18.1. The predicted octanol–water partition coefficient (Wildman–Crippen LogP) is 2.30. The number of ether oxygens (including phenoxy) is 2. The number of methoxy groups -OCH3 is 1. The summed E-state index contributed by atoms with van der Waals surface area (Å²) in [6.07, 6.45) is 0. The van der Waals surface area contributed by atoms with Crippen LogP contribution in [0.4, 0.5) is 0 Å². The van der Waals surface area contributed by atoms with Gasteiger partial charge in [-0.15, -0.1) is 0 Å². The van der Waals surface area contributed by atoms with Gasteiger partial charge in [0.25, 0.3) is 5.56 Å². The first-order chi connectivity index (χ1) is 13.1. The highest BCUT2D eigenvalue weighted by Gasteiger charge is 2.13. The highest BCUT2D eigenvalue weighted by molar-refractivity contribution is 5.90. The van der Waals surface area contributed by atoms with Crippen molar-refractivity contribution in [2.45, 2.75) is 6.54 Å². The third-order valence-corrected chi connectivity index (χ3v) is 3.74. The number of carbonyl (C=O) groups excluding carboxylic acids is 2. The molecule has 2 aromatic carbocycles. The quantitative estimate of drug-likeness (QED) is 0.510. The van der Waals surface area contributed by atoms with Gasteiger partial charge in [0.05, 0.1) is 19.2 Å². The van der Waals surface area contributed by atoms with Gasteiger partial charge < -0.3 is 9.47 Å². The molecule has 0 saturated heterocycles. The lowest BCUT2D eigenvalue weighted by Crippen LogP contribution is -2.26. The van der Waals surface area contributed by atoms with Gasteiger partial charge >= 0.3 is 11.9 Å². The van der Waals surface area contributed by atoms with E-state index in [9.17, 15) is 14.4 Å². The van der Waals surface area contributed by atoms with Gasteiger partial charge in [-0.25, -0.2) is 14.3 Å². The summed E-state index contributed by atoms with van der Waals surface area (Å²) in [5.74, 6) is -0.944. The van der Waals surface area contributed by atoms with E-state index in [2.05, 4.69) is 9.84 Å². The number of benzene rings is 2. The summed E-state index contributed by atoms with van der Waals surface area (Å²) < 4.78 is 11.1. The minimum Gasteiger partial charge on any atom is -0.465 e.